The number of carbonyl (C=O) groups excluding carboxylic acids is 1. The summed E-state index contributed by atoms with van der Waals surface area (Å²) in [6.07, 6.45) is 2.16. The van der Waals surface area contributed by atoms with Crippen molar-refractivity contribution in [3.8, 4) is 0 Å². The van der Waals surface area contributed by atoms with Crippen LogP contribution in [0.25, 0.3) is 0 Å². The summed E-state index contributed by atoms with van der Waals surface area (Å²) in [6, 6.07) is 5.81. The molecule has 0 unspecified atom stereocenters. The minimum atomic E-state index is -0.000780. The van der Waals surface area contributed by atoms with E-state index in [4.69, 9.17) is 14.4 Å². The predicted octanol–water partition coefficient (Wildman–Crippen LogP) is 3.47. The summed E-state index contributed by atoms with van der Waals surface area (Å²) in [6.45, 7) is 10.0. The number of amides is 1. The average Bonchev–Trinajstić information content (AvgIpc) is 3.44. The standard InChI is InChI=1S/C22H31N5O2S/c1-16(2)18-14-20(26-12-10-25(3)11-13-26)24-22(23-18)30-15-17-6-7-19(29-17)21(28)27-8-4-5-9-27/h6-7,14,16H,4-5,8-13,15H2,1-3H3. The maximum absolute atomic E-state index is 12.5. The maximum atomic E-state index is 12.5. The van der Waals surface area contributed by atoms with Crippen molar-refractivity contribution in [1.29, 1.82) is 0 Å². The van der Waals surface area contributed by atoms with Gasteiger partial charge in [0.2, 0.25) is 0 Å². The lowest BCUT2D eigenvalue weighted by Crippen LogP contribution is -2.44. The van der Waals surface area contributed by atoms with E-state index in [1.807, 2.05) is 11.0 Å². The van der Waals surface area contributed by atoms with Gasteiger partial charge < -0.3 is 19.1 Å². The molecule has 2 fully saturated rings. The lowest BCUT2D eigenvalue weighted by Gasteiger charge is -2.33. The van der Waals surface area contributed by atoms with Crippen LogP contribution in [0.5, 0.6) is 0 Å². The van der Waals surface area contributed by atoms with Crippen LogP contribution in [-0.2, 0) is 5.75 Å². The number of rotatable bonds is 6. The Kier molecular flexibility index (Phi) is 6.63. The van der Waals surface area contributed by atoms with Crippen molar-refractivity contribution in [3.05, 3.63) is 35.4 Å². The van der Waals surface area contributed by atoms with Crippen molar-refractivity contribution in [2.75, 3.05) is 51.2 Å². The van der Waals surface area contributed by atoms with Gasteiger partial charge in [0.1, 0.15) is 11.6 Å². The molecule has 0 aromatic carbocycles. The number of nitrogens with zero attached hydrogens (tertiary/aromatic N) is 5. The summed E-state index contributed by atoms with van der Waals surface area (Å²) in [7, 11) is 2.16. The Hall–Kier alpha value is -2.06. The highest BCUT2D eigenvalue weighted by molar-refractivity contribution is 7.98. The number of likely N-dealkylation sites (tertiary alicyclic amines) is 1. The van der Waals surface area contributed by atoms with Crippen LogP contribution in [0, 0.1) is 0 Å². The van der Waals surface area contributed by atoms with E-state index in [1.165, 1.54) is 0 Å². The quantitative estimate of drug-likeness (QED) is 0.514. The van der Waals surface area contributed by atoms with Gasteiger partial charge in [0.15, 0.2) is 10.9 Å². The second-order valence-electron chi connectivity index (χ2n) is 8.43. The first-order valence-corrected chi connectivity index (χ1v) is 11.8. The van der Waals surface area contributed by atoms with Gasteiger partial charge >= 0.3 is 0 Å². The van der Waals surface area contributed by atoms with E-state index in [-0.39, 0.29) is 5.91 Å². The van der Waals surface area contributed by atoms with E-state index >= 15 is 0 Å². The number of piperazine rings is 1. The molecule has 1 amide bonds. The molecule has 8 heteroatoms. The summed E-state index contributed by atoms with van der Waals surface area (Å²) in [5.41, 5.74) is 1.06. The summed E-state index contributed by atoms with van der Waals surface area (Å²) in [5.74, 6) is 3.17. The fourth-order valence-corrected chi connectivity index (χ4v) is 4.52. The van der Waals surface area contributed by atoms with Gasteiger partial charge in [0, 0.05) is 51.0 Å². The molecule has 2 aliphatic rings. The van der Waals surface area contributed by atoms with Crippen LogP contribution >= 0.6 is 11.8 Å². The molecular formula is C22H31N5O2S. The summed E-state index contributed by atoms with van der Waals surface area (Å²) < 4.78 is 5.83. The zero-order chi connectivity index (χ0) is 21.1. The molecule has 0 radical (unpaired) electrons. The minimum absolute atomic E-state index is 0.000780. The largest absolute Gasteiger partial charge is 0.455 e. The number of thioether (sulfide) groups is 1. The molecule has 2 aliphatic heterocycles. The van der Waals surface area contributed by atoms with Crippen LogP contribution in [0.1, 0.15) is 54.6 Å². The molecule has 30 heavy (non-hydrogen) atoms. The molecule has 0 bridgehead atoms. The number of furan rings is 1. The van der Waals surface area contributed by atoms with E-state index in [2.05, 4.69) is 36.8 Å². The first-order chi connectivity index (χ1) is 14.5. The highest BCUT2D eigenvalue weighted by atomic mass is 32.2. The lowest BCUT2D eigenvalue weighted by atomic mass is 10.1. The Bertz CT molecular complexity index is 870. The number of aromatic nitrogens is 2. The van der Waals surface area contributed by atoms with Gasteiger partial charge in [-0.05, 0) is 37.9 Å². The van der Waals surface area contributed by atoms with E-state index < -0.39 is 0 Å². The zero-order valence-corrected chi connectivity index (χ0v) is 19.0. The van der Waals surface area contributed by atoms with Gasteiger partial charge in [-0.2, -0.15) is 0 Å². The number of anilines is 1. The van der Waals surface area contributed by atoms with Crippen LogP contribution in [0.15, 0.2) is 27.8 Å². The first-order valence-electron chi connectivity index (χ1n) is 10.8. The Morgan fingerprint density at radius 2 is 1.83 bits per heavy atom. The molecular weight excluding hydrogens is 398 g/mol. The molecule has 0 atom stereocenters. The molecule has 162 valence electrons. The highest BCUT2D eigenvalue weighted by Gasteiger charge is 2.22. The lowest BCUT2D eigenvalue weighted by molar-refractivity contribution is 0.0760. The summed E-state index contributed by atoms with van der Waals surface area (Å²) in [4.78, 5) is 28.6. The van der Waals surface area contributed by atoms with Crippen LogP contribution in [0.3, 0.4) is 0 Å². The molecule has 4 rings (SSSR count). The van der Waals surface area contributed by atoms with Crippen LogP contribution in [0.4, 0.5) is 5.82 Å². The number of hydrogen-bond donors (Lipinski definition) is 0. The van der Waals surface area contributed by atoms with Gasteiger partial charge in [0.05, 0.1) is 5.75 Å². The average molecular weight is 430 g/mol. The zero-order valence-electron chi connectivity index (χ0n) is 18.1. The highest BCUT2D eigenvalue weighted by Crippen LogP contribution is 2.27. The van der Waals surface area contributed by atoms with Crippen molar-refractivity contribution < 1.29 is 9.21 Å². The van der Waals surface area contributed by atoms with Gasteiger partial charge in [-0.3, -0.25) is 4.79 Å². The fourth-order valence-electron chi connectivity index (χ4n) is 3.77. The molecule has 0 saturated carbocycles. The van der Waals surface area contributed by atoms with Gasteiger partial charge in [0.25, 0.3) is 5.91 Å². The molecule has 0 aliphatic carbocycles. The Morgan fingerprint density at radius 1 is 1.10 bits per heavy atom. The van der Waals surface area contributed by atoms with Crippen LogP contribution in [-0.4, -0.2) is 72.0 Å². The minimum Gasteiger partial charge on any atom is -0.455 e. The van der Waals surface area contributed by atoms with Crippen LogP contribution < -0.4 is 4.90 Å². The second kappa shape index (κ2) is 9.39. The molecule has 0 N–H and O–H groups in total. The van der Waals surface area contributed by atoms with Crippen molar-refractivity contribution in [3.63, 3.8) is 0 Å². The smallest absolute Gasteiger partial charge is 0.289 e. The van der Waals surface area contributed by atoms with Gasteiger partial charge in [-0.1, -0.05) is 25.6 Å². The number of likely N-dealkylation sites (N-methyl/N-ethyl adjacent to an activating group) is 1. The monoisotopic (exact) mass is 429 g/mol. The molecule has 2 aromatic rings. The third-order valence-corrected chi connectivity index (χ3v) is 6.61. The SMILES string of the molecule is CC(C)c1cc(N2CCN(C)CC2)nc(SCc2ccc(C(=O)N3CCCC3)o2)n1. The van der Waals surface area contributed by atoms with Crippen LogP contribution in [0.2, 0.25) is 0 Å². The molecule has 7 nitrogen and oxygen atoms in total. The van der Waals surface area contributed by atoms with Crippen molar-refractivity contribution in [1.82, 2.24) is 19.8 Å². The van der Waals surface area contributed by atoms with Crippen molar-refractivity contribution >= 4 is 23.5 Å². The van der Waals surface area contributed by atoms with Gasteiger partial charge in [-0.15, -0.1) is 0 Å². The van der Waals surface area contributed by atoms with Crippen molar-refractivity contribution in [2.45, 2.75) is 43.5 Å². The Balaban J connectivity index is 1.44. The Morgan fingerprint density at radius 3 is 2.53 bits per heavy atom. The van der Waals surface area contributed by atoms with Gasteiger partial charge in [-0.25, -0.2) is 9.97 Å². The normalized spacial score (nSPS) is 17.9. The topological polar surface area (TPSA) is 65.7 Å². The van der Waals surface area contributed by atoms with E-state index in [1.54, 1.807) is 17.8 Å². The second-order valence-corrected chi connectivity index (χ2v) is 9.38. The number of carbonyl (C=O) groups is 1. The summed E-state index contributed by atoms with van der Waals surface area (Å²) in [5, 5.41) is 0.763. The van der Waals surface area contributed by atoms with E-state index in [9.17, 15) is 4.79 Å². The van der Waals surface area contributed by atoms with Crippen molar-refractivity contribution in [2.24, 2.45) is 0 Å². The molecule has 2 aromatic heterocycles. The maximum Gasteiger partial charge on any atom is 0.289 e. The fraction of sp³-hybridized carbons (Fsp3) is 0.591. The molecule has 4 heterocycles. The summed E-state index contributed by atoms with van der Waals surface area (Å²) >= 11 is 1.56. The Labute approximate surface area is 182 Å². The van der Waals surface area contributed by atoms with E-state index in [0.717, 1.165) is 74.5 Å². The van der Waals surface area contributed by atoms with E-state index in [0.29, 0.717) is 17.4 Å². The third kappa shape index (κ3) is 4.98. The third-order valence-electron chi connectivity index (χ3n) is 5.74. The first kappa shape index (κ1) is 21.2. The number of hydrogen-bond acceptors (Lipinski definition) is 7. The predicted molar refractivity (Wildman–Crippen MR) is 119 cm³/mol. The molecule has 0 spiro atoms. The molecule has 2 saturated heterocycles.